The molecule has 0 spiro atoms. The van der Waals surface area contributed by atoms with Crippen LogP contribution < -0.4 is 9.47 Å². The molecule has 6 nitrogen and oxygen atoms in total. The smallest absolute Gasteiger partial charge is 0.314 e. The second-order valence-corrected chi connectivity index (χ2v) is 6.14. The molecule has 25 heavy (non-hydrogen) atoms. The van der Waals surface area contributed by atoms with Crippen molar-refractivity contribution in [3.8, 4) is 11.5 Å². The van der Waals surface area contributed by atoms with E-state index in [1.165, 1.54) is 51.0 Å². The maximum atomic E-state index is 11.2. The first-order chi connectivity index (χ1) is 12.2. The number of unbranched alkanes of at least 4 members (excludes halogenated alkanes) is 8. The number of aliphatic hydroxyl groups is 1. The lowest BCUT2D eigenvalue weighted by Gasteiger charge is -2.09. The van der Waals surface area contributed by atoms with E-state index in [1.807, 2.05) is 0 Å². The Morgan fingerprint density at radius 1 is 0.960 bits per heavy atom. The number of nitro benzene ring substituents is 1. The fraction of sp³-hybridized carbons (Fsp3) is 0.684. The molecule has 0 amide bonds. The van der Waals surface area contributed by atoms with Crippen molar-refractivity contribution in [1.29, 1.82) is 0 Å². The highest BCUT2D eigenvalue weighted by Crippen LogP contribution is 2.31. The Bertz CT molecular complexity index is 493. The molecule has 0 unspecified atom stereocenters. The van der Waals surface area contributed by atoms with E-state index in [9.17, 15) is 10.1 Å². The van der Waals surface area contributed by atoms with Gasteiger partial charge in [-0.25, -0.2) is 0 Å². The van der Waals surface area contributed by atoms with Crippen LogP contribution in [0.3, 0.4) is 0 Å². The van der Waals surface area contributed by atoms with Crippen LogP contribution >= 0.6 is 0 Å². The number of benzene rings is 1. The highest BCUT2D eigenvalue weighted by atomic mass is 16.6. The van der Waals surface area contributed by atoms with Crippen LogP contribution in [0.25, 0.3) is 0 Å². The summed E-state index contributed by atoms with van der Waals surface area (Å²) in [4.78, 5) is 10.7. The van der Waals surface area contributed by atoms with Gasteiger partial charge in [0.25, 0.3) is 0 Å². The number of nitro groups is 1. The van der Waals surface area contributed by atoms with E-state index in [1.54, 1.807) is 12.1 Å². The van der Waals surface area contributed by atoms with Crippen molar-refractivity contribution in [2.75, 3.05) is 19.8 Å². The number of hydrogen-bond donors (Lipinski definition) is 1. The topological polar surface area (TPSA) is 81.8 Å². The standard InChI is InChI=1S/C19H31NO5/c1-2-3-4-5-6-7-8-9-10-14-25-19-12-11-17(24-15-13-21)16-18(19)20(22)23/h11-12,16,21H,2-10,13-15H2,1H3. The lowest BCUT2D eigenvalue weighted by molar-refractivity contribution is -0.386. The molecule has 0 fully saturated rings. The van der Waals surface area contributed by atoms with Crippen LogP contribution in [0, 0.1) is 10.1 Å². The second kappa shape index (κ2) is 13.5. The molecule has 0 radical (unpaired) electrons. The Kier molecular flexibility index (Phi) is 11.4. The summed E-state index contributed by atoms with van der Waals surface area (Å²) < 4.78 is 10.8. The minimum Gasteiger partial charge on any atom is -0.491 e. The van der Waals surface area contributed by atoms with Gasteiger partial charge in [0.05, 0.1) is 24.2 Å². The van der Waals surface area contributed by atoms with E-state index >= 15 is 0 Å². The number of hydrogen-bond acceptors (Lipinski definition) is 5. The molecule has 1 N–H and O–H groups in total. The third kappa shape index (κ3) is 9.29. The van der Waals surface area contributed by atoms with E-state index < -0.39 is 4.92 Å². The van der Waals surface area contributed by atoms with E-state index in [4.69, 9.17) is 14.6 Å². The van der Waals surface area contributed by atoms with Gasteiger partial charge >= 0.3 is 5.69 Å². The molecule has 1 aromatic carbocycles. The molecule has 6 heteroatoms. The molecule has 0 atom stereocenters. The van der Waals surface area contributed by atoms with Gasteiger partial charge in [0.1, 0.15) is 12.4 Å². The Hall–Kier alpha value is -1.82. The van der Waals surface area contributed by atoms with Crippen LogP contribution in [0.1, 0.15) is 64.7 Å². The molecule has 0 saturated heterocycles. The van der Waals surface area contributed by atoms with Crippen LogP contribution in [-0.2, 0) is 0 Å². The lowest BCUT2D eigenvalue weighted by Crippen LogP contribution is -2.04. The van der Waals surface area contributed by atoms with Crippen molar-refractivity contribution in [3.05, 3.63) is 28.3 Å². The quantitative estimate of drug-likeness (QED) is 0.276. The van der Waals surface area contributed by atoms with Gasteiger partial charge in [-0.2, -0.15) is 0 Å². The number of nitrogens with zero attached hydrogens (tertiary/aromatic N) is 1. The lowest BCUT2D eigenvalue weighted by atomic mass is 10.1. The molecule has 0 bridgehead atoms. The Morgan fingerprint density at radius 2 is 1.60 bits per heavy atom. The van der Waals surface area contributed by atoms with Gasteiger partial charge in [0, 0.05) is 0 Å². The summed E-state index contributed by atoms with van der Waals surface area (Å²) in [6.07, 6.45) is 11.0. The fourth-order valence-electron chi connectivity index (χ4n) is 2.61. The Morgan fingerprint density at radius 3 is 2.20 bits per heavy atom. The Labute approximate surface area is 150 Å². The minimum atomic E-state index is -0.475. The van der Waals surface area contributed by atoms with Crippen LogP contribution in [0.5, 0.6) is 11.5 Å². The molecule has 0 aromatic heterocycles. The van der Waals surface area contributed by atoms with Gasteiger partial charge in [-0.15, -0.1) is 0 Å². The molecule has 0 aliphatic heterocycles. The zero-order valence-corrected chi connectivity index (χ0v) is 15.2. The first-order valence-electron chi connectivity index (χ1n) is 9.34. The second-order valence-electron chi connectivity index (χ2n) is 6.14. The third-order valence-electron chi connectivity index (χ3n) is 3.99. The summed E-state index contributed by atoms with van der Waals surface area (Å²) in [5.74, 6) is 0.622. The van der Waals surface area contributed by atoms with E-state index in [0.29, 0.717) is 12.4 Å². The summed E-state index contributed by atoms with van der Waals surface area (Å²) in [6, 6.07) is 4.51. The minimum absolute atomic E-state index is 0.105. The summed E-state index contributed by atoms with van der Waals surface area (Å²) in [7, 11) is 0. The van der Waals surface area contributed by atoms with Gasteiger partial charge in [0.15, 0.2) is 5.75 Å². The number of ether oxygens (including phenoxy) is 2. The molecule has 1 aromatic rings. The van der Waals surface area contributed by atoms with Gasteiger partial charge in [-0.05, 0) is 18.6 Å². The molecule has 1 rings (SSSR count). The van der Waals surface area contributed by atoms with Gasteiger partial charge in [-0.1, -0.05) is 58.3 Å². The van der Waals surface area contributed by atoms with Gasteiger partial charge < -0.3 is 14.6 Å². The van der Waals surface area contributed by atoms with Crippen LogP contribution in [0.2, 0.25) is 0 Å². The Balaban J connectivity index is 2.26. The summed E-state index contributed by atoms with van der Waals surface area (Å²) in [5, 5.41) is 19.9. The average Bonchev–Trinajstić information content (AvgIpc) is 2.62. The molecule has 0 saturated carbocycles. The monoisotopic (exact) mass is 353 g/mol. The maximum Gasteiger partial charge on any atom is 0.314 e. The van der Waals surface area contributed by atoms with E-state index in [-0.39, 0.29) is 24.7 Å². The van der Waals surface area contributed by atoms with E-state index in [0.717, 1.165) is 12.8 Å². The van der Waals surface area contributed by atoms with E-state index in [2.05, 4.69) is 6.92 Å². The predicted octanol–water partition coefficient (Wildman–Crippen LogP) is 4.88. The summed E-state index contributed by atoms with van der Waals surface area (Å²) in [5.41, 5.74) is -0.105. The highest BCUT2D eigenvalue weighted by Gasteiger charge is 2.16. The maximum absolute atomic E-state index is 11.2. The van der Waals surface area contributed by atoms with Crippen molar-refractivity contribution in [2.24, 2.45) is 0 Å². The predicted molar refractivity (Wildman–Crippen MR) is 98.4 cm³/mol. The van der Waals surface area contributed by atoms with Crippen LogP contribution in [0.15, 0.2) is 18.2 Å². The SMILES string of the molecule is CCCCCCCCCCCOc1ccc(OCCO)cc1[N+](=O)[O-]. The van der Waals surface area contributed by atoms with Crippen molar-refractivity contribution < 1.29 is 19.5 Å². The van der Waals surface area contributed by atoms with Crippen LogP contribution in [-0.4, -0.2) is 29.9 Å². The van der Waals surface area contributed by atoms with Crippen LogP contribution in [0.4, 0.5) is 5.69 Å². The fourth-order valence-corrected chi connectivity index (χ4v) is 2.61. The van der Waals surface area contributed by atoms with Gasteiger partial charge in [-0.3, -0.25) is 10.1 Å². The zero-order valence-electron chi connectivity index (χ0n) is 15.2. The molecule has 0 heterocycles. The summed E-state index contributed by atoms with van der Waals surface area (Å²) in [6.45, 7) is 2.67. The van der Waals surface area contributed by atoms with Crippen molar-refractivity contribution in [1.82, 2.24) is 0 Å². The normalized spacial score (nSPS) is 10.6. The highest BCUT2D eigenvalue weighted by molar-refractivity contribution is 5.50. The third-order valence-corrected chi connectivity index (χ3v) is 3.99. The van der Waals surface area contributed by atoms with Crippen molar-refractivity contribution >= 4 is 5.69 Å². The zero-order chi connectivity index (χ0) is 18.3. The molecular formula is C19H31NO5. The van der Waals surface area contributed by atoms with Crippen molar-refractivity contribution in [3.63, 3.8) is 0 Å². The largest absolute Gasteiger partial charge is 0.491 e. The number of rotatable bonds is 15. The van der Waals surface area contributed by atoms with Gasteiger partial charge in [0.2, 0.25) is 0 Å². The molecule has 0 aliphatic carbocycles. The van der Waals surface area contributed by atoms with Crippen molar-refractivity contribution in [2.45, 2.75) is 64.7 Å². The number of aliphatic hydroxyl groups excluding tert-OH is 1. The molecule has 142 valence electrons. The average molecular weight is 353 g/mol. The first-order valence-corrected chi connectivity index (χ1v) is 9.34. The molecule has 0 aliphatic rings. The molecular weight excluding hydrogens is 322 g/mol. The summed E-state index contributed by atoms with van der Waals surface area (Å²) >= 11 is 0. The first kappa shape index (κ1) is 21.2.